The van der Waals surface area contributed by atoms with E-state index in [-0.39, 0.29) is 0 Å². The van der Waals surface area contributed by atoms with Gasteiger partial charge in [0.25, 0.3) is 0 Å². The molecule has 0 spiro atoms. The summed E-state index contributed by atoms with van der Waals surface area (Å²) < 4.78 is 0. The fourth-order valence-corrected chi connectivity index (χ4v) is 2.22. The fraction of sp³-hybridized carbons (Fsp3) is 0.154. The second-order valence-electron chi connectivity index (χ2n) is 4.16. The molecule has 0 amide bonds. The van der Waals surface area contributed by atoms with Crippen molar-refractivity contribution in [2.45, 2.75) is 6.92 Å². The lowest BCUT2D eigenvalue weighted by molar-refractivity contribution is 1.11. The minimum atomic E-state index is 0.383. The highest BCUT2D eigenvalue weighted by molar-refractivity contribution is 6.37. The van der Waals surface area contributed by atoms with E-state index in [0.29, 0.717) is 21.7 Å². The number of nitrogen functional groups attached to an aromatic ring is 1. The number of nitrogens with one attached hydrogen (secondary N) is 1. The smallest absolute Gasteiger partial charge is 0.161 e. The molecule has 0 fully saturated rings. The Morgan fingerprint density at radius 1 is 1.16 bits per heavy atom. The summed E-state index contributed by atoms with van der Waals surface area (Å²) in [6.45, 7) is 2.04. The van der Waals surface area contributed by atoms with Crippen LogP contribution in [0.25, 0.3) is 0 Å². The average molecular weight is 297 g/mol. The van der Waals surface area contributed by atoms with Gasteiger partial charge < -0.3 is 10.3 Å². The number of aryl methyl sites for hydroxylation is 1. The summed E-state index contributed by atoms with van der Waals surface area (Å²) in [4.78, 5) is 6.19. The van der Waals surface area contributed by atoms with Crippen molar-refractivity contribution in [3.63, 3.8) is 0 Å². The van der Waals surface area contributed by atoms with Gasteiger partial charge in [0.05, 0.1) is 10.0 Å². The maximum absolute atomic E-state index is 6.18. The van der Waals surface area contributed by atoms with Crippen molar-refractivity contribution in [1.29, 1.82) is 0 Å². The normalized spacial score (nSPS) is 10.4. The molecule has 0 radical (unpaired) electrons. The van der Waals surface area contributed by atoms with Crippen LogP contribution in [0.5, 0.6) is 0 Å². The Balaban J connectivity index is 2.43. The van der Waals surface area contributed by atoms with Crippen LogP contribution in [-0.2, 0) is 0 Å². The maximum Gasteiger partial charge on any atom is 0.161 e. The number of pyridine rings is 1. The Labute approximate surface area is 122 Å². The maximum atomic E-state index is 6.18. The molecule has 0 aliphatic rings. The van der Waals surface area contributed by atoms with Gasteiger partial charge in [-0.2, -0.15) is 0 Å². The monoisotopic (exact) mass is 296 g/mol. The second kappa shape index (κ2) is 5.65. The van der Waals surface area contributed by atoms with E-state index in [1.54, 1.807) is 6.07 Å². The molecule has 0 saturated carbocycles. The predicted octanol–water partition coefficient (Wildman–Crippen LogP) is 3.75. The first kappa shape index (κ1) is 13.9. The molecule has 4 nitrogen and oxygen atoms in total. The number of rotatable bonds is 3. The molecule has 2 aromatic rings. The van der Waals surface area contributed by atoms with E-state index in [1.807, 2.05) is 43.1 Å². The highest BCUT2D eigenvalue weighted by atomic mass is 35.5. The zero-order valence-electron chi connectivity index (χ0n) is 10.6. The summed E-state index contributed by atoms with van der Waals surface area (Å²) in [6, 6.07) is 9.66. The molecule has 0 saturated heterocycles. The van der Waals surface area contributed by atoms with Gasteiger partial charge in [-0.15, -0.1) is 0 Å². The Hall–Kier alpha value is -1.49. The molecule has 3 N–H and O–H groups in total. The van der Waals surface area contributed by atoms with E-state index in [1.165, 1.54) is 5.56 Å². The van der Waals surface area contributed by atoms with E-state index in [9.17, 15) is 0 Å². The van der Waals surface area contributed by atoms with Crippen molar-refractivity contribution in [1.82, 2.24) is 4.98 Å². The van der Waals surface area contributed by atoms with Crippen LogP contribution in [0, 0.1) is 6.92 Å². The molecule has 0 aliphatic carbocycles. The average Bonchev–Trinajstić information content (AvgIpc) is 2.39. The molecule has 0 bridgehead atoms. The Bertz CT molecular complexity index is 584. The van der Waals surface area contributed by atoms with E-state index in [2.05, 4.69) is 10.4 Å². The van der Waals surface area contributed by atoms with Crippen LogP contribution < -0.4 is 16.2 Å². The minimum Gasteiger partial charge on any atom is -0.328 e. The van der Waals surface area contributed by atoms with Crippen molar-refractivity contribution in [3.8, 4) is 0 Å². The molecule has 1 heterocycles. The number of benzene rings is 1. The van der Waals surface area contributed by atoms with Gasteiger partial charge in [-0.25, -0.2) is 10.8 Å². The lowest BCUT2D eigenvalue weighted by Crippen LogP contribution is -2.15. The highest BCUT2D eigenvalue weighted by Gasteiger charge is 2.13. The Morgan fingerprint density at radius 2 is 1.79 bits per heavy atom. The van der Waals surface area contributed by atoms with Crippen molar-refractivity contribution in [2.75, 3.05) is 17.4 Å². The highest BCUT2D eigenvalue weighted by Crippen LogP contribution is 2.33. The number of hydrazine groups is 1. The number of anilines is 3. The van der Waals surface area contributed by atoms with Crippen LogP contribution in [-0.4, -0.2) is 12.0 Å². The van der Waals surface area contributed by atoms with E-state index in [0.717, 1.165) is 5.69 Å². The lowest BCUT2D eigenvalue weighted by atomic mass is 10.2. The zero-order valence-corrected chi connectivity index (χ0v) is 12.1. The summed E-state index contributed by atoms with van der Waals surface area (Å²) in [5, 5.41) is 0.848. The van der Waals surface area contributed by atoms with Crippen molar-refractivity contribution >= 4 is 40.5 Å². The minimum absolute atomic E-state index is 0.383. The first-order chi connectivity index (χ1) is 9.02. The van der Waals surface area contributed by atoms with Gasteiger partial charge in [0, 0.05) is 12.7 Å². The molecular formula is C13H14Cl2N4. The van der Waals surface area contributed by atoms with Gasteiger partial charge in [-0.1, -0.05) is 40.9 Å². The number of aromatic nitrogens is 1. The SMILES string of the molecule is Cc1ccc(N(C)c2nc(NN)c(Cl)cc2Cl)cc1. The standard InChI is InChI=1S/C13H14Cl2N4/c1-8-3-5-9(6-4-8)19(2)13-11(15)7-10(14)12(17-13)18-16/h3-7H,16H2,1-2H3,(H,17,18). The van der Waals surface area contributed by atoms with Crippen molar-refractivity contribution < 1.29 is 0 Å². The summed E-state index contributed by atoms with van der Waals surface area (Å²) >= 11 is 12.1. The molecule has 100 valence electrons. The molecule has 2 rings (SSSR count). The van der Waals surface area contributed by atoms with E-state index in [4.69, 9.17) is 29.0 Å². The third-order valence-corrected chi connectivity index (χ3v) is 3.35. The number of halogens is 2. The topological polar surface area (TPSA) is 54.2 Å². The first-order valence-electron chi connectivity index (χ1n) is 5.66. The third kappa shape index (κ3) is 2.92. The lowest BCUT2D eigenvalue weighted by Gasteiger charge is -2.20. The number of nitrogens with zero attached hydrogens (tertiary/aromatic N) is 2. The summed E-state index contributed by atoms with van der Waals surface area (Å²) in [5.41, 5.74) is 4.62. The van der Waals surface area contributed by atoms with Gasteiger partial charge in [0.15, 0.2) is 11.6 Å². The Kier molecular flexibility index (Phi) is 4.14. The molecule has 1 aromatic carbocycles. The van der Waals surface area contributed by atoms with Crippen LogP contribution in [0.4, 0.5) is 17.3 Å². The molecule has 19 heavy (non-hydrogen) atoms. The quantitative estimate of drug-likeness (QED) is 0.669. The van der Waals surface area contributed by atoms with Crippen LogP contribution >= 0.6 is 23.2 Å². The van der Waals surface area contributed by atoms with E-state index < -0.39 is 0 Å². The molecule has 0 aliphatic heterocycles. The van der Waals surface area contributed by atoms with Gasteiger partial charge in [0.1, 0.15) is 0 Å². The van der Waals surface area contributed by atoms with Gasteiger partial charge in [-0.05, 0) is 25.1 Å². The fourth-order valence-electron chi connectivity index (χ4n) is 1.68. The third-order valence-electron chi connectivity index (χ3n) is 2.79. The molecular weight excluding hydrogens is 283 g/mol. The van der Waals surface area contributed by atoms with Gasteiger partial charge in [-0.3, -0.25) is 0 Å². The molecule has 0 unspecified atom stereocenters. The van der Waals surface area contributed by atoms with Crippen LogP contribution in [0.3, 0.4) is 0 Å². The number of hydrogen-bond acceptors (Lipinski definition) is 4. The largest absolute Gasteiger partial charge is 0.328 e. The molecule has 1 aromatic heterocycles. The molecule has 0 atom stereocenters. The Morgan fingerprint density at radius 3 is 2.37 bits per heavy atom. The van der Waals surface area contributed by atoms with E-state index >= 15 is 0 Å². The molecule has 6 heteroatoms. The summed E-state index contributed by atoms with van der Waals surface area (Å²) in [6.07, 6.45) is 0. The number of hydrogen-bond donors (Lipinski definition) is 2. The van der Waals surface area contributed by atoms with Crippen LogP contribution in [0.15, 0.2) is 30.3 Å². The van der Waals surface area contributed by atoms with Crippen LogP contribution in [0.1, 0.15) is 5.56 Å². The number of nitrogens with two attached hydrogens (primary N) is 1. The van der Waals surface area contributed by atoms with Gasteiger partial charge >= 0.3 is 0 Å². The first-order valence-corrected chi connectivity index (χ1v) is 6.41. The second-order valence-corrected chi connectivity index (χ2v) is 4.98. The summed E-state index contributed by atoms with van der Waals surface area (Å²) in [7, 11) is 1.88. The summed E-state index contributed by atoms with van der Waals surface area (Å²) in [5.74, 6) is 6.34. The van der Waals surface area contributed by atoms with Crippen molar-refractivity contribution in [2.24, 2.45) is 5.84 Å². The predicted molar refractivity (Wildman–Crippen MR) is 81.3 cm³/mol. The van der Waals surface area contributed by atoms with Gasteiger partial charge in [0.2, 0.25) is 0 Å². The zero-order chi connectivity index (χ0) is 14.0. The van der Waals surface area contributed by atoms with Crippen LogP contribution in [0.2, 0.25) is 10.0 Å². The van der Waals surface area contributed by atoms with Crippen molar-refractivity contribution in [3.05, 3.63) is 45.9 Å².